The van der Waals surface area contributed by atoms with E-state index in [1.165, 1.54) is 17.5 Å². The van der Waals surface area contributed by atoms with E-state index in [1.807, 2.05) is 6.07 Å². The molecule has 1 N–H and O–H groups in total. The molecule has 17 heavy (non-hydrogen) atoms. The molecule has 0 bridgehead atoms. The van der Waals surface area contributed by atoms with E-state index < -0.39 is 0 Å². The Bertz CT molecular complexity index is 496. The predicted molar refractivity (Wildman–Crippen MR) is 67.9 cm³/mol. The van der Waals surface area contributed by atoms with E-state index in [1.54, 1.807) is 12.5 Å². The Labute approximate surface area is 101 Å². The molecular weight excluding hydrogens is 210 g/mol. The lowest BCUT2D eigenvalue weighted by Gasteiger charge is -2.25. The second-order valence-electron chi connectivity index (χ2n) is 4.45. The van der Waals surface area contributed by atoms with Gasteiger partial charge >= 0.3 is 0 Å². The lowest BCUT2D eigenvalue weighted by Crippen LogP contribution is -2.27. The van der Waals surface area contributed by atoms with Gasteiger partial charge in [-0.05, 0) is 36.5 Å². The SMILES string of the molecule is c1ccc2c(c1)CCC(Nc1ccncn1)C2. The predicted octanol–water partition coefficient (Wildman–Crippen LogP) is 2.45. The zero-order chi connectivity index (χ0) is 11.5. The van der Waals surface area contributed by atoms with Crippen LogP contribution in [0.3, 0.4) is 0 Å². The van der Waals surface area contributed by atoms with Crippen LogP contribution in [0.15, 0.2) is 42.9 Å². The van der Waals surface area contributed by atoms with Crippen molar-refractivity contribution in [3.8, 4) is 0 Å². The Hall–Kier alpha value is -1.90. The maximum absolute atomic E-state index is 4.21. The van der Waals surface area contributed by atoms with Gasteiger partial charge < -0.3 is 5.32 Å². The highest BCUT2D eigenvalue weighted by atomic mass is 15.0. The summed E-state index contributed by atoms with van der Waals surface area (Å²) in [6, 6.07) is 11.1. The van der Waals surface area contributed by atoms with Crippen LogP contribution in [0.2, 0.25) is 0 Å². The number of nitrogens with one attached hydrogen (secondary N) is 1. The topological polar surface area (TPSA) is 37.8 Å². The fraction of sp³-hybridized carbons (Fsp3) is 0.286. The van der Waals surface area contributed by atoms with E-state index in [9.17, 15) is 0 Å². The van der Waals surface area contributed by atoms with Crippen LogP contribution >= 0.6 is 0 Å². The molecule has 86 valence electrons. The number of hydrogen-bond acceptors (Lipinski definition) is 3. The van der Waals surface area contributed by atoms with E-state index in [4.69, 9.17) is 0 Å². The molecule has 3 nitrogen and oxygen atoms in total. The molecular formula is C14H15N3. The summed E-state index contributed by atoms with van der Waals surface area (Å²) in [5.74, 6) is 0.921. The Balaban J connectivity index is 1.72. The summed E-state index contributed by atoms with van der Waals surface area (Å²) < 4.78 is 0. The molecule has 1 unspecified atom stereocenters. The molecule has 0 spiro atoms. The minimum Gasteiger partial charge on any atom is -0.367 e. The average Bonchev–Trinajstić information content (AvgIpc) is 2.40. The normalized spacial score (nSPS) is 18.5. The molecule has 0 radical (unpaired) electrons. The lowest BCUT2D eigenvalue weighted by molar-refractivity contribution is 0.608. The van der Waals surface area contributed by atoms with E-state index in [-0.39, 0.29) is 0 Å². The molecule has 3 rings (SSSR count). The third-order valence-electron chi connectivity index (χ3n) is 3.28. The summed E-state index contributed by atoms with van der Waals surface area (Å²) in [7, 11) is 0. The molecule has 1 atom stereocenters. The molecule has 1 aromatic heterocycles. The van der Waals surface area contributed by atoms with Crippen molar-refractivity contribution in [3.63, 3.8) is 0 Å². The average molecular weight is 225 g/mol. The first-order valence-electron chi connectivity index (χ1n) is 6.01. The standard InChI is InChI=1S/C14H15N3/c1-2-4-12-9-13(6-5-11(12)3-1)17-14-7-8-15-10-16-14/h1-4,7-8,10,13H,5-6,9H2,(H,15,16,17). The summed E-state index contributed by atoms with van der Waals surface area (Å²) >= 11 is 0. The second kappa shape index (κ2) is 4.53. The van der Waals surface area contributed by atoms with Gasteiger partial charge in [-0.25, -0.2) is 9.97 Å². The number of benzene rings is 1. The van der Waals surface area contributed by atoms with Gasteiger partial charge in [-0.1, -0.05) is 24.3 Å². The Morgan fingerprint density at radius 3 is 2.82 bits per heavy atom. The van der Waals surface area contributed by atoms with Crippen LogP contribution in [-0.2, 0) is 12.8 Å². The third-order valence-corrected chi connectivity index (χ3v) is 3.28. The Morgan fingerprint density at radius 1 is 1.12 bits per heavy atom. The largest absolute Gasteiger partial charge is 0.367 e. The summed E-state index contributed by atoms with van der Waals surface area (Å²) in [4.78, 5) is 8.13. The van der Waals surface area contributed by atoms with Crippen molar-refractivity contribution < 1.29 is 0 Å². The zero-order valence-corrected chi connectivity index (χ0v) is 9.63. The van der Waals surface area contributed by atoms with Gasteiger partial charge in [0.05, 0.1) is 0 Å². The molecule has 0 saturated heterocycles. The van der Waals surface area contributed by atoms with E-state index in [2.05, 4.69) is 39.6 Å². The summed E-state index contributed by atoms with van der Waals surface area (Å²) in [6.07, 6.45) is 6.76. The van der Waals surface area contributed by atoms with Crippen molar-refractivity contribution in [3.05, 3.63) is 54.0 Å². The van der Waals surface area contributed by atoms with Crippen LogP contribution < -0.4 is 5.32 Å². The Kier molecular flexibility index (Phi) is 2.74. The van der Waals surface area contributed by atoms with Crippen LogP contribution in [0.1, 0.15) is 17.5 Å². The number of aryl methyl sites for hydroxylation is 1. The van der Waals surface area contributed by atoms with Gasteiger partial charge in [-0.15, -0.1) is 0 Å². The van der Waals surface area contributed by atoms with Gasteiger partial charge in [0.15, 0.2) is 0 Å². The second-order valence-corrected chi connectivity index (χ2v) is 4.45. The highest BCUT2D eigenvalue weighted by Crippen LogP contribution is 2.22. The lowest BCUT2D eigenvalue weighted by atomic mass is 9.88. The number of hydrogen-bond donors (Lipinski definition) is 1. The van der Waals surface area contributed by atoms with Crippen LogP contribution in [-0.4, -0.2) is 16.0 Å². The first kappa shape index (κ1) is 10.3. The number of fused-ring (bicyclic) bond motifs is 1. The van der Waals surface area contributed by atoms with Crippen molar-refractivity contribution in [1.29, 1.82) is 0 Å². The van der Waals surface area contributed by atoms with Crippen molar-refractivity contribution in [2.24, 2.45) is 0 Å². The fourth-order valence-corrected chi connectivity index (χ4v) is 2.41. The number of aromatic nitrogens is 2. The summed E-state index contributed by atoms with van der Waals surface area (Å²) in [5.41, 5.74) is 2.96. The highest BCUT2D eigenvalue weighted by Gasteiger charge is 2.17. The molecule has 0 aliphatic heterocycles. The first-order chi connectivity index (χ1) is 8.42. The van der Waals surface area contributed by atoms with Crippen LogP contribution in [0.5, 0.6) is 0 Å². The molecule has 2 aromatic rings. The van der Waals surface area contributed by atoms with Gasteiger partial charge in [0.25, 0.3) is 0 Å². The van der Waals surface area contributed by atoms with Gasteiger partial charge in [0.2, 0.25) is 0 Å². The first-order valence-corrected chi connectivity index (χ1v) is 6.01. The highest BCUT2D eigenvalue weighted by molar-refractivity contribution is 5.37. The molecule has 1 aromatic carbocycles. The zero-order valence-electron chi connectivity index (χ0n) is 9.63. The van der Waals surface area contributed by atoms with Crippen molar-refractivity contribution in [2.75, 3.05) is 5.32 Å². The number of anilines is 1. The molecule has 0 amide bonds. The van der Waals surface area contributed by atoms with Crippen LogP contribution in [0, 0.1) is 0 Å². The summed E-state index contributed by atoms with van der Waals surface area (Å²) in [6.45, 7) is 0. The quantitative estimate of drug-likeness (QED) is 0.853. The molecule has 1 aliphatic carbocycles. The number of rotatable bonds is 2. The van der Waals surface area contributed by atoms with E-state index in [0.717, 1.165) is 18.7 Å². The fourth-order valence-electron chi connectivity index (χ4n) is 2.41. The molecule has 1 aliphatic rings. The monoisotopic (exact) mass is 225 g/mol. The van der Waals surface area contributed by atoms with Crippen LogP contribution in [0.4, 0.5) is 5.82 Å². The molecule has 0 saturated carbocycles. The Morgan fingerprint density at radius 2 is 2.00 bits per heavy atom. The van der Waals surface area contributed by atoms with Crippen molar-refractivity contribution >= 4 is 5.82 Å². The smallest absolute Gasteiger partial charge is 0.129 e. The minimum atomic E-state index is 0.486. The van der Waals surface area contributed by atoms with Gasteiger partial charge in [0.1, 0.15) is 12.1 Å². The van der Waals surface area contributed by atoms with Crippen molar-refractivity contribution in [2.45, 2.75) is 25.3 Å². The molecule has 1 heterocycles. The molecule has 0 fully saturated rings. The van der Waals surface area contributed by atoms with Crippen molar-refractivity contribution in [1.82, 2.24) is 9.97 Å². The molecule has 3 heteroatoms. The van der Waals surface area contributed by atoms with Gasteiger partial charge in [0, 0.05) is 12.2 Å². The minimum absolute atomic E-state index is 0.486. The maximum Gasteiger partial charge on any atom is 0.129 e. The number of nitrogens with zero attached hydrogens (tertiary/aromatic N) is 2. The van der Waals surface area contributed by atoms with E-state index in [0.29, 0.717) is 6.04 Å². The maximum atomic E-state index is 4.21. The van der Waals surface area contributed by atoms with Crippen LogP contribution in [0.25, 0.3) is 0 Å². The van der Waals surface area contributed by atoms with Gasteiger partial charge in [-0.3, -0.25) is 0 Å². The summed E-state index contributed by atoms with van der Waals surface area (Å²) in [5, 5.41) is 3.47. The van der Waals surface area contributed by atoms with Gasteiger partial charge in [-0.2, -0.15) is 0 Å². The third kappa shape index (κ3) is 2.28. The van der Waals surface area contributed by atoms with E-state index >= 15 is 0 Å².